The highest BCUT2D eigenvalue weighted by atomic mass is 16.5. The summed E-state index contributed by atoms with van der Waals surface area (Å²) in [6.07, 6.45) is 6.97. The molecule has 66 heavy (non-hydrogen) atoms. The van der Waals surface area contributed by atoms with E-state index in [0.717, 1.165) is 122 Å². The highest BCUT2D eigenvalue weighted by Crippen LogP contribution is 2.40. The van der Waals surface area contributed by atoms with Gasteiger partial charge in [-0.05, 0) is 119 Å². The Hall–Kier alpha value is -5.78. The van der Waals surface area contributed by atoms with E-state index in [2.05, 4.69) is 30.2 Å². The number of hydrogen-bond donors (Lipinski definition) is 2. The number of carbonyl (C=O) groups excluding carboxylic acids is 5. The number of fused-ring (bicyclic) bond motifs is 3. The van der Waals surface area contributed by atoms with Crippen molar-refractivity contribution < 1.29 is 33.4 Å². The first kappa shape index (κ1) is 45.4. The average Bonchev–Trinajstić information content (AvgIpc) is 3.97. The topological polar surface area (TPSA) is 169 Å². The predicted octanol–water partition coefficient (Wildman–Crippen LogP) is 2.91. The van der Waals surface area contributed by atoms with Crippen molar-refractivity contribution in [3.63, 3.8) is 0 Å². The van der Waals surface area contributed by atoms with Gasteiger partial charge in [0.1, 0.15) is 17.5 Å². The molecule has 3 saturated heterocycles. The van der Waals surface area contributed by atoms with Crippen LogP contribution in [0.4, 0.5) is 10.5 Å². The second kappa shape index (κ2) is 18.8. The Bertz CT molecular complexity index is 2460. The maximum Gasteiger partial charge on any atom is 0.317 e. The van der Waals surface area contributed by atoms with Crippen LogP contribution in [0.5, 0.6) is 11.5 Å². The first-order chi connectivity index (χ1) is 31.8. The van der Waals surface area contributed by atoms with Crippen LogP contribution in [0, 0.1) is 11.8 Å². The Morgan fingerprint density at radius 1 is 0.803 bits per heavy atom. The van der Waals surface area contributed by atoms with E-state index in [9.17, 15) is 28.8 Å². The van der Waals surface area contributed by atoms with Crippen molar-refractivity contribution in [3.05, 3.63) is 74.7 Å². The number of aryl methyl sites for hydroxylation is 1. The van der Waals surface area contributed by atoms with Gasteiger partial charge in [0.25, 0.3) is 17.4 Å². The summed E-state index contributed by atoms with van der Waals surface area (Å²) in [5.74, 6) is 0.480. The molecule has 17 nitrogen and oxygen atoms in total. The number of piperidine rings is 1. The summed E-state index contributed by atoms with van der Waals surface area (Å²) in [6.45, 7) is 8.96. The highest BCUT2D eigenvalue weighted by molar-refractivity contribution is 6.23. The van der Waals surface area contributed by atoms with Crippen LogP contribution in [-0.4, -0.2) is 158 Å². The second-order valence-electron chi connectivity index (χ2n) is 19.2. The molecule has 1 aromatic heterocycles. The fraction of sp³-hybridized carbons (Fsp3) is 0.551. The van der Waals surface area contributed by atoms with E-state index in [4.69, 9.17) is 9.47 Å². The Kier molecular flexibility index (Phi) is 13.0. The number of nitrogens with one attached hydrogen (secondary N) is 2. The number of pyridine rings is 1. The lowest BCUT2D eigenvalue weighted by Crippen LogP contribution is -2.54. The zero-order valence-electron chi connectivity index (χ0n) is 38.9. The van der Waals surface area contributed by atoms with Gasteiger partial charge in [-0.1, -0.05) is 0 Å². The molecule has 352 valence electrons. The molecule has 0 radical (unpaired) electrons. The highest BCUT2D eigenvalue weighted by Gasteiger charge is 2.46. The molecular weight excluding hydrogens is 843 g/mol. The SMILES string of the molecule is COc1cc(-c2cn(C)c(=O)c3c2CCN(C(=O)NC2CCC4CN(CCCCN5CCN(c6ccc7c(c6)C(=O)N(C6CCC(=O)NC6=O)C7=O)CC5)CC42)C3)cc(OC)c1CN(C)C. The van der Waals surface area contributed by atoms with Gasteiger partial charge in [-0.15, -0.1) is 0 Å². The van der Waals surface area contributed by atoms with E-state index in [1.165, 1.54) is 0 Å². The van der Waals surface area contributed by atoms with Gasteiger partial charge >= 0.3 is 6.03 Å². The van der Waals surface area contributed by atoms with E-state index >= 15 is 0 Å². The molecule has 6 heterocycles. The Balaban J connectivity index is 0.733. The van der Waals surface area contributed by atoms with Gasteiger partial charge in [0.15, 0.2) is 0 Å². The number of hydrogen-bond acceptors (Lipinski definition) is 12. The molecular formula is C49H63N9O8. The lowest BCUT2D eigenvalue weighted by atomic mass is 9.91. The first-order valence-electron chi connectivity index (χ1n) is 23.5. The second-order valence-corrected chi connectivity index (χ2v) is 19.2. The smallest absolute Gasteiger partial charge is 0.317 e. The van der Waals surface area contributed by atoms with Crippen molar-refractivity contribution in [2.45, 2.75) is 70.1 Å². The number of aromatic nitrogens is 1. The molecule has 5 aliphatic heterocycles. The van der Waals surface area contributed by atoms with Crippen LogP contribution in [0.25, 0.3) is 11.1 Å². The number of unbranched alkanes of at least 4 members (excludes halogenated alkanes) is 1. The number of urea groups is 1. The number of rotatable bonds is 13. The summed E-state index contributed by atoms with van der Waals surface area (Å²) in [5, 5.41) is 5.66. The monoisotopic (exact) mass is 905 g/mol. The standard InChI is InChI=1S/C49H63N9O8/c1-52(2)26-39-42(65-4)22-31(23-43(39)66-5)36-27-53(3)46(61)38-29-57(17-14-33(36)38)49(64)50-40-11-8-30-25-55(28-37(30)40)16-7-6-15-54-18-20-56(21-19-54)32-9-10-34-35(24-32)48(63)58(47(34)62)41-12-13-44(59)51-45(41)60/h9-10,22-24,27,30,37,40-41H,6-8,11-21,25-26,28-29H2,1-5H3,(H,50,64)(H,51,59,60). The quantitative estimate of drug-likeness (QED) is 0.191. The number of ether oxygens (including phenoxy) is 2. The van der Waals surface area contributed by atoms with Crippen LogP contribution in [-0.2, 0) is 36.1 Å². The maximum atomic E-state index is 13.9. The molecule has 1 saturated carbocycles. The van der Waals surface area contributed by atoms with Gasteiger partial charge in [-0.3, -0.25) is 39.1 Å². The van der Waals surface area contributed by atoms with Gasteiger partial charge in [0.05, 0.1) is 37.5 Å². The minimum absolute atomic E-state index is 0.0832. The molecule has 0 spiro atoms. The van der Waals surface area contributed by atoms with Gasteiger partial charge < -0.3 is 39.0 Å². The fourth-order valence-electron chi connectivity index (χ4n) is 11.4. The van der Waals surface area contributed by atoms with Crippen molar-refractivity contribution in [3.8, 4) is 22.6 Å². The van der Waals surface area contributed by atoms with Crippen LogP contribution in [0.3, 0.4) is 0 Å². The van der Waals surface area contributed by atoms with E-state index in [1.807, 2.05) is 43.4 Å². The summed E-state index contributed by atoms with van der Waals surface area (Å²) in [6, 6.07) is 8.42. The maximum absolute atomic E-state index is 13.9. The molecule has 6 amide bonds. The van der Waals surface area contributed by atoms with Gasteiger partial charge in [-0.25, -0.2) is 4.79 Å². The first-order valence-corrected chi connectivity index (χ1v) is 23.5. The summed E-state index contributed by atoms with van der Waals surface area (Å²) in [4.78, 5) is 90.3. The molecule has 4 unspecified atom stereocenters. The van der Waals surface area contributed by atoms with Crippen molar-refractivity contribution in [1.82, 2.24) is 39.7 Å². The number of benzene rings is 2. The van der Waals surface area contributed by atoms with E-state index in [0.29, 0.717) is 48.0 Å². The van der Waals surface area contributed by atoms with Crippen LogP contribution in [0.1, 0.15) is 75.9 Å². The number of amides is 6. The molecule has 1 aliphatic carbocycles. The fourth-order valence-corrected chi connectivity index (χ4v) is 11.4. The molecule has 9 rings (SSSR count). The number of anilines is 1. The van der Waals surface area contributed by atoms with Crippen molar-refractivity contribution >= 4 is 35.3 Å². The molecule has 0 bridgehead atoms. The minimum atomic E-state index is -0.974. The normalized spacial score (nSPS) is 23.3. The van der Waals surface area contributed by atoms with Crippen LogP contribution in [0.2, 0.25) is 0 Å². The number of methoxy groups -OCH3 is 2. The zero-order chi connectivity index (χ0) is 46.4. The summed E-state index contributed by atoms with van der Waals surface area (Å²) >= 11 is 0. The third kappa shape index (κ3) is 8.79. The van der Waals surface area contributed by atoms with Gasteiger partial charge in [-0.2, -0.15) is 0 Å². The lowest BCUT2D eigenvalue weighted by Gasteiger charge is -2.36. The third-order valence-corrected chi connectivity index (χ3v) is 14.9. The number of carbonyl (C=O) groups is 5. The van der Waals surface area contributed by atoms with Gasteiger partial charge in [0.2, 0.25) is 11.8 Å². The van der Waals surface area contributed by atoms with Gasteiger partial charge in [0, 0.05) is 94.9 Å². The molecule has 2 aromatic carbocycles. The Morgan fingerprint density at radius 2 is 1.52 bits per heavy atom. The van der Waals surface area contributed by atoms with E-state index in [-0.39, 0.29) is 37.0 Å². The minimum Gasteiger partial charge on any atom is -0.496 e. The Labute approximate surface area is 385 Å². The number of likely N-dealkylation sites (tertiary alicyclic amines) is 1. The third-order valence-electron chi connectivity index (χ3n) is 14.9. The summed E-state index contributed by atoms with van der Waals surface area (Å²) in [7, 11) is 9.09. The van der Waals surface area contributed by atoms with Crippen molar-refractivity contribution in [1.29, 1.82) is 0 Å². The number of piperazine rings is 1. The zero-order valence-corrected chi connectivity index (χ0v) is 38.9. The summed E-state index contributed by atoms with van der Waals surface area (Å²) in [5.41, 5.74) is 5.85. The van der Waals surface area contributed by atoms with E-state index in [1.54, 1.807) is 38.0 Å². The summed E-state index contributed by atoms with van der Waals surface area (Å²) < 4.78 is 13.3. The largest absolute Gasteiger partial charge is 0.496 e. The Morgan fingerprint density at radius 3 is 2.21 bits per heavy atom. The van der Waals surface area contributed by atoms with Crippen LogP contribution < -0.4 is 30.6 Å². The van der Waals surface area contributed by atoms with Crippen molar-refractivity contribution in [2.24, 2.45) is 18.9 Å². The molecule has 17 heteroatoms. The van der Waals surface area contributed by atoms with Crippen LogP contribution >= 0.6 is 0 Å². The molecule has 4 atom stereocenters. The molecule has 6 aliphatic rings. The number of nitrogens with zero attached hydrogens (tertiary/aromatic N) is 7. The average molecular weight is 906 g/mol. The van der Waals surface area contributed by atoms with Crippen LogP contribution in [0.15, 0.2) is 41.3 Å². The predicted molar refractivity (Wildman–Crippen MR) is 248 cm³/mol. The van der Waals surface area contributed by atoms with Crippen molar-refractivity contribution in [2.75, 3.05) is 92.1 Å². The van der Waals surface area contributed by atoms with E-state index < -0.39 is 29.7 Å². The lowest BCUT2D eigenvalue weighted by molar-refractivity contribution is -0.136. The number of imide groups is 2. The molecule has 2 N–H and O–H groups in total. The molecule has 4 fully saturated rings. The molecule has 3 aromatic rings.